The first-order chi connectivity index (χ1) is 20.9. The van der Waals surface area contributed by atoms with Gasteiger partial charge >= 0.3 is 0 Å². The van der Waals surface area contributed by atoms with Gasteiger partial charge in [-0.2, -0.15) is 5.10 Å². The van der Waals surface area contributed by atoms with Crippen LogP contribution in [0.2, 0.25) is 5.02 Å². The Labute approximate surface area is 250 Å². The largest absolute Gasteiger partial charge is 0.487 e. The van der Waals surface area contributed by atoms with Crippen molar-refractivity contribution < 1.29 is 18.7 Å². The second-order valence-electron chi connectivity index (χ2n) is 9.88. The lowest BCUT2D eigenvalue weighted by Gasteiger charge is -2.16. The molecule has 2 aromatic heterocycles. The van der Waals surface area contributed by atoms with Crippen LogP contribution in [-0.4, -0.2) is 44.4 Å². The minimum absolute atomic E-state index is 0.118. The van der Waals surface area contributed by atoms with Gasteiger partial charge in [0.2, 0.25) is 0 Å². The summed E-state index contributed by atoms with van der Waals surface area (Å²) in [5.41, 5.74) is 6.81. The first kappa shape index (κ1) is 28.0. The van der Waals surface area contributed by atoms with Gasteiger partial charge in [0, 0.05) is 29.7 Å². The molecule has 0 saturated heterocycles. The van der Waals surface area contributed by atoms with Crippen molar-refractivity contribution in [3.8, 4) is 5.75 Å². The van der Waals surface area contributed by atoms with E-state index in [2.05, 4.69) is 25.8 Å². The summed E-state index contributed by atoms with van der Waals surface area (Å²) in [6.07, 6.45) is 6.58. The number of ether oxygens (including phenoxy) is 1. The van der Waals surface area contributed by atoms with Gasteiger partial charge in [-0.3, -0.25) is 24.7 Å². The molecule has 0 unspecified atom stereocenters. The number of nitrogens with zero attached hydrogens (tertiary/aromatic N) is 6. The number of rotatable bonds is 11. The maximum Gasteiger partial charge on any atom is 0.299 e. The number of halogens is 2. The SMILES string of the molecule is O=C1C(=O)N(CCCCn2cc(COc3ccc(/C=N/Nc4ccnc5cc(Cl)ccc45)cc3)nn2)c2ccc(F)cc21. The highest BCUT2D eigenvalue weighted by molar-refractivity contribution is 6.52. The summed E-state index contributed by atoms with van der Waals surface area (Å²) in [6, 6.07) is 18.7. The monoisotopic (exact) mass is 597 g/mol. The molecule has 0 spiro atoms. The predicted octanol–water partition coefficient (Wildman–Crippen LogP) is 5.65. The van der Waals surface area contributed by atoms with Crippen molar-refractivity contribution in [2.24, 2.45) is 5.10 Å². The maximum absolute atomic E-state index is 13.5. The Morgan fingerprint density at radius 1 is 1.00 bits per heavy atom. The smallest absolute Gasteiger partial charge is 0.299 e. The quantitative estimate of drug-likeness (QED) is 0.0905. The molecule has 10 nitrogen and oxygen atoms in total. The highest BCUT2D eigenvalue weighted by atomic mass is 35.5. The molecule has 1 aliphatic heterocycles. The van der Waals surface area contributed by atoms with Gasteiger partial charge in [-0.15, -0.1) is 5.10 Å². The molecule has 1 aliphatic rings. The highest BCUT2D eigenvalue weighted by Gasteiger charge is 2.35. The molecular formula is C31H25ClFN7O3. The third-order valence-corrected chi connectivity index (χ3v) is 7.14. The third kappa shape index (κ3) is 6.36. The number of hydrazone groups is 1. The number of pyridine rings is 1. The molecule has 1 amide bonds. The molecule has 3 heterocycles. The number of aromatic nitrogens is 4. The standard InChI is InChI=1S/C31H25ClFN7O3/c32-21-5-9-25-27(11-12-34-28(25)15-21)37-35-17-20-3-7-24(8-4-20)43-19-23-18-39(38-36-23)13-1-2-14-40-29-10-6-22(33)16-26(29)30(41)31(40)42/h3-12,15-18H,1-2,13-14,19H2,(H,34,37)/b35-17+. The fraction of sp³-hybridized carbons (Fsp3) is 0.161. The average molecular weight is 598 g/mol. The van der Waals surface area contributed by atoms with Gasteiger partial charge in [0.25, 0.3) is 11.7 Å². The number of nitrogens with one attached hydrogen (secondary N) is 1. The van der Waals surface area contributed by atoms with Gasteiger partial charge in [0.1, 0.15) is 23.9 Å². The molecule has 3 aromatic carbocycles. The first-order valence-corrected chi connectivity index (χ1v) is 13.9. The van der Waals surface area contributed by atoms with E-state index in [0.29, 0.717) is 48.1 Å². The molecule has 0 aliphatic carbocycles. The fourth-order valence-electron chi connectivity index (χ4n) is 4.75. The lowest BCUT2D eigenvalue weighted by Crippen LogP contribution is -2.30. The van der Waals surface area contributed by atoms with Crippen LogP contribution in [0.15, 0.2) is 84.2 Å². The van der Waals surface area contributed by atoms with Crippen molar-refractivity contribution in [1.82, 2.24) is 20.0 Å². The van der Waals surface area contributed by atoms with Crippen LogP contribution in [0, 0.1) is 5.82 Å². The van der Waals surface area contributed by atoms with Gasteiger partial charge < -0.3 is 9.64 Å². The number of aryl methyl sites for hydroxylation is 1. The zero-order chi connectivity index (χ0) is 29.8. The Morgan fingerprint density at radius 2 is 1.84 bits per heavy atom. The number of fused-ring (bicyclic) bond motifs is 2. The zero-order valence-electron chi connectivity index (χ0n) is 22.8. The van der Waals surface area contributed by atoms with Gasteiger partial charge in [-0.25, -0.2) is 4.39 Å². The lowest BCUT2D eigenvalue weighted by atomic mass is 10.1. The van der Waals surface area contributed by atoms with Crippen molar-refractivity contribution >= 4 is 51.8 Å². The number of anilines is 2. The summed E-state index contributed by atoms with van der Waals surface area (Å²) in [6.45, 7) is 1.21. The summed E-state index contributed by atoms with van der Waals surface area (Å²) in [5.74, 6) is -1.15. The fourth-order valence-corrected chi connectivity index (χ4v) is 4.92. The maximum atomic E-state index is 13.5. The zero-order valence-corrected chi connectivity index (χ0v) is 23.5. The van der Waals surface area contributed by atoms with Crippen molar-refractivity contribution in [2.45, 2.75) is 26.0 Å². The van der Waals surface area contributed by atoms with E-state index in [1.54, 1.807) is 17.1 Å². The minimum Gasteiger partial charge on any atom is -0.487 e. The van der Waals surface area contributed by atoms with Crippen LogP contribution in [0.4, 0.5) is 15.8 Å². The summed E-state index contributed by atoms with van der Waals surface area (Å²) in [4.78, 5) is 30.2. The Morgan fingerprint density at radius 3 is 2.70 bits per heavy atom. The van der Waals surface area contributed by atoms with Crippen LogP contribution in [0.1, 0.15) is 34.5 Å². The van der Waals surface area contributed by atoms with E-state index in [1.807, 2.05) is 54.7 Å². The second-order valence-corrected chi connectivity index (χ2v) is 10.3. The van der Waals surface area contributed by atoms with Crippen LogP contribution in [0.3, 0.4) is 0 Å². The van der Waals surface area contributed by atoms with Crippen LogP contribution in [0.5, 0.6) is 5.75 Å². The normalized spacial score (nSPS) is 12.8. The van der Waals surface area contributed by atoms with E-state index in [-0.39, 0.29) is 12.2 Å². The van der Waals surface area contributed by atoms with Crippen molar-refractivity contribution in [1.29, 1.82) is 0 Å². The molecule has 216 valence electrons. The first-order valence-electron chi connectivity index (χ1n) is 13.6. The summed E-state index contributed by atoms with van der Waals surface area (Å²) < 4.78 is 21.0. The van der Waals surface area contributed by atoms with E-state index in [9.17, 15) is 14.0 Å². The predicted molar refractivity (Wildman–Crippen MR) is 161 cm³/mol. The Hall–Kier alpha value is -5.16. The lowest BCUT2D eigenvalue weighted by molar-refractivity contribution is -0.114. The Balaban J connectivity index is 0.948. The summed E-state index contributed by atoms with van der Waals surface area (Å²) in [5, 5.41) is 14.2. The van der Waals surface area contributed by atoms with Crippen molar-refractivity contribution in [3.05, 3.63) is 107 Å². The average Bonchev–Trinajstić information content (AvgIpc) is 3.56. The van der Waals surface area contributed by atoms with E-state index < -0.39 is 17.5 Å². The number of Topliss-reactive ketones (excluding diaryl/α,β-unsaturated/α-hetero) is 1. The molecular weight excluding hydrogens is 573 g/mol. The van der Waals surface area contributed by atoms with E-state index in [1.165, 1.54) is 17.0 Å². The molecule has 0 fully saturated rings. The third-order valence-electron chi connectivity index (χ3n) is 6.91. The van der Waals surface area contributed by atoms with Crippen LogP contribution < -0.4 is 15.1 Å². The van der Waals surface area contributed by atoms with E-state index >= 15 is 0 Å². The molecule has 0 radical (unpaired) electrons. The Kier molecular flexibility index (Phi) is 8.05. The molecule has 0 bridgehead atoms. The van der Waals surface area contributed by atoms with E-state index in [0.717, 1.165) is 28.2 Å². The molecule has 0 saturated carbocycles. The second kappa shape index (κ2) is 12.4. The number of hydrogen-bond donors (Lipinski definition) is 1. The minimum atomic E-state index is -0.670. The topological polar surface area (TPSA) is 115 Å². The summed E-state index contributed by atoms with van der Waals surface area (Å²) >= 11 is 6.06. The number of carbonyl (C=O) groups excluding carboxylic acids is 2. The van der Waals surface area contributed by atoms with Gasteiger partial charge in [-0.1, -0.05) is 16.8 Å². The molecule has 12 heteroatoms. The van der Waals surface area contributed by atoms with Crippen LogP contribution in [-0.2, 0) is 17.9 Å². The molecule has 43 heavy (non-hydrogen) atoms. The van der Waals surface area contributed by atoms with Gasteiger partial charge in [-0.05, 0) is 85.1 Å². The number of unbranched alkanes of at least 4 members (excludes halogenated alkanes) is 1. The molecule has 6 rings (SSSR count). The number of ketones is 1. The summed E-state index contributed by atoms with van der Waals surface area (Å²) in [7, 11) is 0. The van der Waals surface area contributed by atoms with Crippen molar-refractivity contribution in [3.63, 3.8) is 0 Å². The van der Waals surface area contributed by atoms with Crippen LogP contribution in [0.25, 0.3) is 10.9 Å². The van der Waals surface area contributed by atoms with Crippen LogP contribution >= 0.6 is 11.6 Å². The van der Waals surface area contributed by atoms with Gasteiger partial charge in [0.05, 0.1) is 34.9 Å². The van der Waals surface area contributed by atoms with E-state index in [4.69, 9.17) is 16.3 Å². The number of amides is 1. The number of hydrogen-bond acceptors (Lipinski definition) is 8. The van der Waals surface area contributed by atoms with Gasteiger partial charge in [0.15, 0.2) is 0 Å². The number of carbonyl (C=O) groups is 2. The Bertz CT molecular complexity index is 1840. The van der Waals surface area contributed by atoms with Crippen molar-refractivity contribution in [2.75, 3.05) is 16.9 Å². The molecule has 1 N–H and O–H groups in total. The highest BCUT2D eigenvalue weighted by Crippen LogP contribution is 2.30. The molecule has 5 aromatic rings. The number of benzene rings is 3. The molecule has 0 atom stereocenters.